The highest BCUT2D eigenvalue weighted by Gasteiger charge is 2.22. The quantitative estimate of drug-likeness (QED) is 0.814. The predicted molar refractivity (Wildman–Crippen MR) is 75.9 cm³/mol. The first-order valence-corrected chi connectivity index (χ1v) is 7.84. The molecule has 1 N–H and O–H groups in total. The fraction of sp³-hybridized carbons (Fsp3) is 1.00. The van der Waals surface area contributed by atoms with Gasteiger partial charge in [0.2, 0.25) is 0 Å². The molecule has 1 atom stereocenters. The van der Waals surface area contributed by atoms with E-state index in [1.165, 1.54) is 38.6 Å². The zero-order valence-corrected chi connectivity index (χ0v) is 12.2. The van der Waals surface area contributed by atoms with Gasteiger partial charge in [0.05, 0.1) is 13.2 Å². The fourth-order valence-electron chi connectivity index (χ4n) is 3.36. The summed E-state index contributed by atoms with van der Waals surface area (Å²) < 4.78 is 5.39. The van der Waals surface area contributed by atoms with E-state index in [0.717, 1.165) is 38.3 Å². The molecule has 2 rings (SSSR count). The summed E-state index contributed by atoms with van der Waals surface area (Å²) in [5.74, 6) is 0.998. The van der Waals surface area contributed by atoms with E-state index in [1.807, 2.05) is 0 Å². The molecule has 1 aliphatic heterocycles. The third-order valence-electron chi connectivity index (χ3n) is 4.58. The number of rotatable bonds is 5. The summed E-state index contributed by atoms with van der Waals surface area (Å²) in [7, 11) is 0. The molecule has 0 spiro atoms. The van der Waals surface area contributed by atoms with E-state index in [0.29, 0.717) is 6.04 Å². The van der Waals surface area contributed by atoms with E-state index in [9.17, 15) is 0 Å². The topological polar surface area (TPSA) is 24.5 Å². The van der Waals surface area contributed by atoms with Crippen LogP contribution in [0, 0.1) is 5.92 Å². The molecular formula is C15H30N2O. The van der Waals surface area contributed by atoms with Crippen LogP contribution in [0.2, 0.25) is 0 Å². The molecule has 0 aromatic heterocycles. The van der Waals surface area contributed by atoms with Gasteiger partial charge in [-0.05, 0) is 38.5 Å². The van der Waals surface area contributed by atoms with E-state index in [2.05, 4.69) is 24.1 Å². The average Bonchev–Trinajstić information content (AvgIpc) is 2.40. The second-order valence-corrected chi connectivity index (χ2v) is 6.11. The van der Waals surface area contributed by atoms with Crippen LogP contribution in [0.25, 0.3) is 0 Å². The molecule has 18 heavy (non-hydrogen) atoms. The van der Waals surface area contributed by atoms with Crippen LogP contribution in [-0.4, -0.2) is 49.8 Å². The summed E-state index contributed by atoms with van der Waals surface area (Å²) in [6.45, 7) is 9.88. The van der Waals surface area contributed by atoms with Crippen LogP contribution in [0.3, 0.4) is 0 Å². The molecular weight excluding hydrogens is 224 g/mol. The largest absolute Gasteiger partial charge is 0.379 e. The highest BCUT2D eigenvalue weighted by Crippen LogP contribution is 2.26. The van der Waals surface area contributed by atoms with E-state index in [-0.39, 0.29) is 0 Å². The van der Waals surface area contributed by atoms with Gasteiger partial charge < -0.3 is 10.1 Å². The van der Waals surface area contributed by atoms with Gasteiger partial charge in [-0.25, -0.2) is 0 Å². The van der Waals surface area contributed by atoms with Crippen molar-refractivity contribution in [3.8, 4) is 0 Å². The maximum absolute atomic E-state index is 5.39. The highest BCUT2D eigenvalue weighted by molar-refractivity contribution is 4.80. The van der Waals surface area contributed by atoms with Crippen LogP contribution in [0.4, 0.5) is 0 Å². The van der Waals surface area contributed by atoms with Gasteiger partial charge in [-0.1, -0.05) is 13.3 Å². The van der Waals surface area contributed by atoms with Crippen molar-refractivity contribution < 1.29 is 4.74 Å². The summed E-state index contributed by atoms with van der Waals surface area (Å²) in [6, 6.07) is 1.38. The first-order valence-electron chi connectivity index (χ1n) is 7.84. The van der Waals surface area contributed by atoms with Gasteiger partial charge in [-0.15, -0.1) is 0 Å². The minimum atomic E-state index is 0.617. The molecule has 0 amide bonds. The normalized spacial score (nSPS) is 32.3. The number of ether oxygens (including phenoxy) is 1. The Morgan fingerprint density at radius 2 is 1.83 bits per heavy atom. The fourth-order valence-corrected chi connectivity index (χ4v) is 3.36. The molecule has 0 aromatic carbocycles. The summed E-state index contributed by atoms with van der Waals surface area (Å²) in [5, 5.41) is 3.83. The maximum Gasteiger partial charge on any atom is 0.0594 e. The van der Waals surface area contributed by atoms with Gasteiger partial charge in [-0.2, -0.15) is 0 Å². The number of morpholine rings is 1. The van der Waals surface area contributed by atoms with Crippen molar-refractivity contribution in [1.82, 2.24) is 10.2 Å². The van der Waals surface area contributed by atoms with E-state index in [1.54, 1.807) is 0 Å². The van der Waals surface area contributed by atoms with Gasteiger partial charge in [0, 0.05) is 31.7 Å². The van der Waals surface area contributed by atoms with Crippen LogP contribution < -0.4 is 5.32 Å². The van der Waals surface area contributed by atoms with Crippen molar-refractivity contribution in [2.75, 3.05) is 32.8 Å². The number of hydrogen-bond donors (Lipinski definition) is 1. The predicted octanol–water partition coefficient (Wildman–Crippen LogP) is 2.27. The molecule has 3 heteroatoms. The molecule has 106 valence electrons. The van der Waals surface area contributed by atoms with Crippen LogP contribution in [0.15, 0.2) is 0 Å². The second-order valence-electron chi connectivity index (χ2n) is 6.11. The molecule has 0 aromatic rings. The first kappa shape index (κ1) is 14.3. The lowest BCUT2D eigenvalue weighted by Gasteiger charge is -2.34. The summed E-state index contributed by atoms with van der Waals surface area (Å²) >= 11 is 0. The summed E-state index contributed by atoms with van der Waals surface area (Å²) in [4.78, 5) is 2.53. The SMILES string of the molecule is CCC1CCC(NC(C)CN2CCOCC2)CC1. The van der Waals surface area contributed by atoms with Gasteiger partial charge in [0.25, 0.3) is 0 Å². The molecule has 0 bridgehead atoms. The van der Waals surface area contributed by atoms with Gasteiger partial charge >= 0.3 is 0 Å². The number of nitrogens with one attached hydrogen (secondary N) is 1. The lowest BCUT2D eigenvalue weighted by atomic mass is 9.84. The number of hydrogen-bond acceptors (Lipinski definition) is 3. The van der Waals surface area contributed by atoms with Crippen molar-refractivity contribution >= 4 is 0 Å². The van der Waals surface area contributed by atoms with E-state index >= 15 is 0 Å². The molecule has 2 aliphatic rings. The van der Waals surface area contributed by atoms with Gasteiger partial charge in [0.1, 0.15) is 0 Å². The Hall–Kier alpha value is -0.120. The monoisotopic (exact) mass is 254 g/mol. The smallest absolute Gasteiger partial charge is 0.0594 e. The molecule has 3 nitrogen and oxygen atoms in total. The zero-order valence-electron chi connectivity index (χ0n) is 12.2. The molecule has 1 heterocycles. The molecule has 0 radical (unpaired) electrons. The van der Waals surface area contributed by atoms with Crippen LogP contribution in [0.1, 0.15) is 46.0 Å². The lowest BCUT2D eigenvalue weighted by molar-refractivity contribution is 0.0334. The van der Waals surface area contributed by atoms with Gasteiger partial charge in [0.15, 0.2) is 0 Å². The van der Waals surface area contributed by atoms with E-state index in [4.69, 9.17) is 4.74 Å². The second kappa shape index (κ2) is 7.46. The first-order chi connectivity index (χ1) is 8.78. The standard InChI is InChI=1S/C15H30N2O/c1-3-14-4-6-15(7-5-14)16-13(2)12-17-8-10-18-11-9-17/h13-16H,3-12H2,1-2H3. The number of nitrogens with zero attached hydrogens (tertiary/aromatic N) is 1. The Labute approximate surface area is 112 Å². The van der Waals surface area contributed by atoms with Crippen molar-refractivity contribution in [2.24, 2.45) is 5.92 Å². The molecule has 1 saturated carbocycles. The third kappa shape index (κ3) is 4.52. The summed E-state index contributed by atoms with van der Waals surface area (Å²) in [5.41, 5.74) is 0. The van der Waals surface area contributed by atoms with E-state index < -0.39 is 0 Å². The summed E-state index contributed by atoms with van der Waals surface area (Å²) in [6.07, 6.45) is 6.99. The third-order valence-corrected chi connectivity index (χ3v) is 4.58. The Morgan fingerprint density at radius 1 is 1.17 bits per heavy atom. The van der Waals surface area contributed by atoms with Crippen LogP contribution in [0.5, 0.6) is 0 Å². The minimum Gasteiger partial charge on any atom is -0.379 e. The molecule has 1 aliphatic carbocycles. The van der Waals surface area contributed by atoms with Crippen molar-refractivity contribution in [1.29, 1.82) is 0 Å². The van der Waals surface area contributed by atoms with Crippen molar-refractivity contribution in [3.63, 3.8) is 0 Å². The molecule has 1 saturated heterocycles. The minimum absolute atomic E-state index is 0.617. The average molecular weight is 254 g/mol. The van der Waals surface area contributed by atoms with Crippen LogP contribution in [-0.2, 0) is 4.74 Å². The molecule has 2 fully saturated rings. The van der Waals surface area contributed by atoms with Gasteiger partial charge in [-0.3, -0.25) is 4.90 Å². The zero-order chi connectivity index (χ0) is 12.8. The van der Waals surface area contributed by atoms with Crippen molar-refractivity contribution in [2.45, 2.75) is 58.0 Å². The van der Waals surface area contributed by atoms with Crippen molar-refractivity contribution in [3.05, 3.63) is 0 Å². The highest BCUT2D eigenvalue weighted by atomic mass is 16.5. The maximum atomic E-state index is 5.39. The molecule has 1 unspecified atom stereocenters. The Balaban J connectivity index is 1.63. The lowest BCUT2D eigenvalue weighted by Crippen LogP contribution is -2.47. The Morgan fingerprint density at radius 3 is 2.44 bits per heavy atom. The van der Waals surface area contributed by atoms with Crippen LogP contribution >= 0.6 is 0 Å². The Bertz CT molecular complexity index is 221. The Kier molecular flexibility index (Phi) is 5.93.